The number of fused-ring (bicyclic) bond motifs is 6. The van der Waals surface area contributed by atoms with E-state index in [2.05, 4.69) is 47.6 Å². The number of aliphatic hydroxyl groups excluding tert-OH is 9. The maximum atomic E-state index is 14.7. The number of hydrogen-bond acceptors (Lipinski definition) is 18. The first-order valence-electron chi connectivity index (χ1n) is 25.3. The van der Waals surface area contributed by atoms with Crippen LogP contribution in [0, 0.1) is 56.2 Å². The molecule has 3 aliphatic heterocycles. The van der Waals surface area contributed by atoms with Crippen LogP contribution in [-0.4, -0.2) is 170 Å². The molecule has 4 bridgehead atoms. The van der Waals surface area contributed by atoms with Gasteiger partial charge in [0.1, 0.15) is 61.0 Å². The molecule has 6 aliphatic carbocycles. The fourth-order valence-corrected chi connectivity index (χ4v) is 16.3. The van der Waals surface area contributed by atoms with Crippen LogP contribution in [0.2, 0.25) is 0 Å². The summed E-state index contributed by atoms with van der Waals surface area (Å²) in [6.45, 7) is 15.1. The molecule has 5 saturated carbocycles. The van der Waals surface area contributed by atoms with Crippen LogP contribution in [0.15, 0.2) is 11.6 Å². The van der Waals surface area contributed by atoms with Gasteiger partial charge in [-0.2, -0.15) is 0 Å². The van der Waals surface area contributed by atoms with Gasteiger partial charge in [-0.05, 0) is 115 Å². The molecule has 18 heteroatoms. The van der Waals surface area contributed by atoms with Crippen molar-refractivity contribution in [1.82, 2.24) is 0 Å². The molecule has 386 valence electrons. The molecule has 9 N–H and O–H groups in total. The molecule has 9 rings (SSSR count). The number of esters is 2. The first kappa shape index (κ1) is 51.0. The third-order valence-electron chi connectivity index (χ3n) is 20.3. The average Bonchev–Trinajstić information content (AvgIpc) is 3.67. The molecular formula is C50H78O18. The smallest absolute Gasteiger partial charge is 0.338 e. The summed E-state index contributed by atoms with van der Waals surface area (Å²) in [5.41, 5.74) is -0.551. The SMILES string of the molecule is CCCCOC(=O)[C@@H]1O[C@@H](O[C@H]2[C@@H](O[C@H]3CC[C@]4(C)[C@H](CC[C@]5(C)[C@@H]4CC=C4[C@H]6C[C@]7(C)CC[C@@]6(C(=O)O[C@H]6O[C@H](CO)[C@H](O)[C@@H](O)[C@@H]6O)[C@@H]7C[C@]45C)C3(C)C)OC[C@@H](O)[C@@H]2O)[C@@H](O)[C@H](O)[C@@H]1O. The lowest BCUT2D eigenvalue weighted by Crippen LogP contribution is -2.66. The minimum absolute atomic E-state index is 0.000277. The van der Waals surface area contributed by atoms with E-state index in [1.165, 1.54) is 5.57 Å². The van der Waals surface area contributed by atoms with E-state index in [-0.39, 0.29) is 58.5 Å². The zero-order valence-electron chi connectivity index (χ0n) is 40.6. The minimum Gasteiger partial charge on any atom is -0.464 e. The molecule has 3 heterocycles. The van der Waals surface area contributed by atoms with Crippen molar-refractivity contribution in [3.63, 3.8) is 0 Å². The summed E-state index contributed by atoms with van der Waals surface area (Å²) in [7, 11) is 0. The number of hydrogen-bond donors (Lipinski definition) is 9. The zero-order valence-corrected chi connectivity index (χ0v) is 40.6. The Morgan fingerprint density at radius 2 is 1.44 bits per heavy atom. The van der Waals surface area contributed by atoms with Crippen LogP contribution < -0.4 is 0 Å². The molecule has 0 unspecified atom stereocenters. The summed E-state index contributed by atoms with van der Waals surface area (Å²) in [6, 6.07) is 0. The van der Waals surface area contributed by atoms with Crippen molar-refractivity contribution in [2.24, 2.45) is 56.2 Å². The molecule has 0 aromatic carbocycles. The molecule has 18 nitrogen and oxygen atoms in total. The molecule has 68 heavy (non-hydrogen) atoms. The predicted molar refractivity (Wildman–Crippen MR) is 236 cm³/mol. The van der Waals surface area contributed by atoms with Crippen molar-refractivity contribution in [3.8, 4) is 0 Å². The number of allylic oxidation sites excluding steroid dienone is 2. The van der Waals surface area contributed by atoms with Crippen molar-refractivity contribution in [2.45, 2.75) is 211 Å². The standard InChI is InChI=1S/C50H78O18/c1-8-9-18-62-40(60)38-35(57)34(56)37(59)42(66-38)67-39-31(53)25(52)22-63-43(39)65-30-13-14-47(5)27(45(30,2)3)12-15-48(6)28(47)11-10-23-24-19-46(4)16-17-50(24,29(46)20-49(23,48)7)44(61)68-41-36(58)33(55)32(54)26(21-51)64-41/h10,24-39,41-43,51-59H,8-9,11-22H2,1-7H3/t24-,25-,26-,27-,28-,29-,30+,31+,32+,33-,34-,35+,36+,37+,38-,39-,41-,42+,43-,46+,47-,48-,49-,50+/m1/s1. The van der Waals surface area contributed by atoms with Crippen molar-refractivity contribution in [1.29, 1.82) is 0 Å². The van der Waals surface area contributed by atoms with Gasteiger partial charge in [0.2, 0.25) is 6.29 Å². The van der Waals surface area contributed by atoms with Gasteiger partial charge >= 0.3 is 11.9 Å². The first-order chi connectivity index (χ1) is 31.9. The highest BCUT2D eigenvalue weighted by molar-refractivity contribution is 5.81. The third kappa shape index (κ3) is 7.45. The lowest BCUT2D eigenvalue weighted by atomic mass is 9.34. The normalized spacial score (nSPS) is 53.6. The largest absolute Gasteiger partial charge is 0.464 e. The fraction of sp³-hybridized carbons (Fsp3) is 0.920. The van der Waals surface area contributed by atoms with Crippen LogP contribution >= 0.6 is 0 Å². The Labute approximate surface area is 398 Å². The van der Waals surface area contributed by atoms with Gasteiger partial charge in [-0.3, -0.25) is 4.79 Å². The summed E-state index contributed by atoms with van der Waals surface area (Å²) in [5.74, 6) is -0.994. The van der Waals surface area contributed by atoms with Crippen molar-refractivity contribution in [3.05, 3.63) is 11.6 Å². The summed E-state index contributed by atoms with van der Waals surface area (Å²) < 4.78 is 41.6. The van der Waals surface area contributed by atoms with Crippen LogP contribution in [0.4, 0.5) is 0 Å². The van der Waals surface area contributed by atoms with Crippen LogP contribution in [-0.2, 0) is 42.7 Å². The number of unbranched alkanes of at least 4 members (excludes halogenated alkanes) is 1. The molecule has 8 fully saturated rings. The highest BCUT2D eigenvalue weighted by Crippen LogP contribution is 2.82. The molecule has 0 radical (unpaired) electrons. The number of carbonyl (C=O) groups excluding carboxylic acids is 2. The van der Waals surface area contributed by atoms with Crippen LogP contribution in [0.3, 0.4) is 0 Å². The van der Waals surface area contributed by atoms with Crippen LogP contribution in [0.1, 0.15) is 119 Å². The Morgan fingerprint density at radius 3 is 2.15 bits per heavy atom. The van der Waals surface area contributed by atoms with Gasteiger partial charge in [0.15, 0.2) is 18.7 Å². The van der Waals surface area contributed by atoms with E-state index in [4.69, 9.17) is 33.2 Å². The van der Waals surface area contributed by atoms with Gasteiger partial charge in [-0.25, -0.2) is 4.79 Å². The second-order valence-electron chi connectivity index (χ2n) is 23.9. The number of rotatable bonds is 11. The maximum Gasteiger partial charge on any atom is 0.338 e. The maximum absolute atomic E-state index is 14.7. The molecule has 9 aliphatic rings. The van der Waals surface area contributed by atoms with Crippen LogP contribution in [0.5, 0.6) is 0 Å². The van der Waals surface area contributed by atoms with Gasteiger partial charge in [-0.1, -0.05) is 66.5 Å². The Balaban J connectivity index is 0.931. The molecule has 0 aromatic heterocycles. The van der Waals surface area contributed by atoms with Gasteiger partial charge in [-0.15, -0.1) is 0 Å². The molecule has 0 aromatic rings. The van der Waals surface area contributed by atoms with Gasteiger partial charge in [0, 0.05) is 0 Å². The van der Waals surface area contributed by atoms with E-state index >= 15 is 0 Å². The lowest BCUT2D eigenvalue weighted by molar-refractivity contribution is -0.364. The second kappa shape index (κ2) is 18.0. The number of aliphatic hydroxyl groups is 9. The highest BCUT2D eigenvalue weighted by Gasteiger charge is 2.78. The van der Waals surface area contributed by atoms with E-state index < -0.39 is 121 Å². The monoisotopic (exact) mass is 967 g/mol. The Morgan fingerprint density at radius 1 is 0.735 bits per heavy atom. The van der Waals surface area contributed by atoms with Gasteiger partial charge in [0.25, 0.3) is 0 Å². The average molecular weight is 967 g/mol. The number of carbonyl (C=O) groups is 2. The van der Waals surface area contributed by atoms with E-state index in [0.717, 1.165) is 51.4 Å². The summed E-state index contributed by atoms with van der Waals surface area (Å²) >= 11 is 0. The topological polar surface area (TPSA) is 281 Å². The van der Waals surface area contributed by atoms with E-state index in [1.54, 1.807) is 0 Å². The summed E-state index contributed by atoms with van der Waals surface area (Å²) in [6.07, 6.45) is -11.5. The quantitative estimate of drug-likeness (QED) is 0.0612. The molecule has 0 spiro atoms. The fourth-order valence-electron chi connectivity index (χ4n) is 16.3. The summed E-state index contributed by atoms with van der Waals surface area (Å²) in [5, 5.41) is 96.1. The first-order valence-corrected chi connectivity index (χ1v) is 25.3. The Bertz CT molecular complexity index is 1930. The van der Waals surface area contributed by atoms with E-state index in [1.807, 2.05) is 6.92 Å². The van der Waals surface area contributed by atoms with Crippen molar-refractivity contribution < 1.29 is 88.7 Å². The van der Waals surface area contributed by atoms with E-state index in [9.17, 15) is 55.5 Å². The summed E-state index contributed by atoms with van der Waals surface area (Å²) in [4.78, 5) is 27.6. The van der Waals surface area contributed by atoms with Crippen molar-refractivity contribution in [2.75, 3.05) is 19.8 Å². The van der Waals surface area contributed by atoms with E-state index in [0.29, 0.717) is 19.3 Å². The Hall–Kier alpha value is -1.88. The molecule has 3 saturated heterocycles. The van der Waals surface area contributed by atoms with Gasteiger partial charge < -0.3 is 79.1 Å². The number of ether oxygens (including phenoxy) is 7. The zero-order chi connectivity index (χ0) is 49.3. The lowest BCUT2D eigenvalue weighted by Gasteiger charge is -2.70. The highest BCUT2D eigenvalue weighted by atomic mass is 16.8. The Kier molecular flexibility index (Phi) is 13.5. The van der Waals surface area contributed by atoms with Gasteiger partial charge in [0.05, 0.1) is 31.3 Å². The molecular weight excluding hydrogens is 889 g/mol. The third-order valence-corrected chi connectivity index (χ3v) is 20.3. The second-order valence-corrected chi connectivity index (χ2v) is 23.9. The van der Waals surface area contributed by atoms with Crippen molar-refractivity contribution >= 4 is 11.9 Å². The molecule has 24 atom stereocenters. The van der Waals surface area contributed by atoms with Crippen LogP contribution in [0.25, 0.3) is 0 Å². The molecule has 0 amide bonds. The predicted octanol–water partition coefficient (Wildman–Crippen LogP) is 1.35. The minimum atomic E-state index is -1.85.